The molecular formula is C36H30F3N3O7. The molecule has 0 unspecified atom stereocenters. The van der Waals surface area contributed by atoms with Crippen molar-refractivity contribution in [3.8, 4) is 0 Å². The van der Waals surface area contributed by atoms with Gasteiger partial charge in [-0.25, -0.2) is 4.79 Å². The summed E-state index contributed by atoms with van der Waals surface area (Å²) in [4.78, 5) is 80.4. The molecule has 3 amide bonds. The number of nitrogens with zero attached hydrogens (tertiary/aromatic N) is 1. The van der Waals surface area contributed by atoms with E-state index in [0.29, 0.717) is 16.7 Å². The van der Waals surface area contributed by atoms with E-state index in [4.69, 9.17) is 0 Å². The van der Waals surface area contributed by atoms with Gasteiger partial charge >= 0.3 is 12.1 Å². The van der Waals surface area contributed by atoms with Crippen LogP contribution in [0, 0.1) is 0 Å². The molecular weight excluding hydrogens is 643 g/mol. The standard InChI is InChI=1S/C36H30F3N3O7/c1-23(43)28-13-8-14-29(22-28)32(45)40-19-20-42(49-35(48)36(37,38)39)34(47)30(21-24-9-4-2-5-10-24)41-33(46)27-17-15-26(16-18-27)31(44)25-11-6-3-7-12-25/h2-18,22,30H,19-21H2,1H3,(H,40,45)(H,41,46)/t30-/m0/s1. The molecule has 1 atom stereocenters. The van der Waals surface area contributed by atoms with Gasteiger partial charge in [0.15, 0.2) is 11.6 Å². The molecule has 10 nitrogen and oxygen atoms in total. The maximum absolute atomic E-state index is 13.7. The lowest BCUT2D eigenvalue weighted by Crippen LogP contribution is -2.52. The van der Waals surface area contributed by atoms with Crippen molar-refractivity contribution in [2.45, 2.75) is 25.6 Å². The van der Waals surface area contributed by atoms with Crippen LogP contribution in [-0.4, -0.2) is 65.6 Å². The average molecular weight is 674 g/mol. The van der Waals surface area contributed by atoms with E-state index in [1.165, 1.54) is 55.5 Å². The highest BCUT2D eigenvalue weighted by Crippen LogP contribution is 2.19. The van der Waals surface area contributed by atoms with Gasteiger partial charge in [0.1, 0.15) is 6.04 Å². The monoisotopic (exact) mass is 673 g/mol. The molecule has 0 spiro atoms. The number of halogens is 3. The van der Waals surface area contributed by atoms with Crippen LogP contribution in [0.1, 0.15) is 59.5 Å². The number of hydroxylamine groups is 2. The van der Waals surface area contributed by atoms with Gasteiger partial charge in [-0.2, -0.15) is 18.2 Å². The Morgan fingerprint density at radius 1 is 0.694 bits per heavy atom. The Balaban J connectivity index is 1.54. The van der Waals surface area contributed by atoms with Gasteiger partial charge < -0.3 is 15.5 Å². The number of rotatable bonds is 12. The number of carbonyl (C=O) groups excluding carboxylic acids is 6. The first-order valence-corrected chi connectivity index (χ1v) is 14.9. The normalized spacial score (nSPS) is 11.5. The van der Waals surface area contributed by atoms with E-state index in [1.54, 1.807) is 60.7 Å². The summed E-state index contributed by atoms with van der Waals surface area (Å²) in [6.45, 7) is 0.112. The topological polar surface area (TPSA) is 139 Å². The van der Waals surface area contributed by atoms with Crippen LogP contribution in [0.5, 0.6) is 0 Å². The predicted molar refractivity (Wildman–Crippen MR) is 170 cm³/mol. The fourth-order valence-corrected chi connectivity index (χ4v) is 4.60. The number of alkyl halides is 3. The second kappa shape index (κ2) is 16.1. The van der Waals surface area contributed by atoms with Gasteiger partial charge in [0, 0.05) is 40.8 Å². The van der Waals surface area contributed by atoms with Crippen LogP contribution in [0.15, 0.2) is 109 Å². The molecule has 0 aliphatic heterocycles. The summed E-state index contributed by atoms with van der Waals surface area (Å²) >= 11 is 0. The first kappa shape index (κ1) is 35.7. The number of nitrogens with one attached hydrogen (secondary N) is 2. The summed E-state index contributed by atoms with van der Waals surface area (Å²) in [6.07, 6.45) is -5.67. The predicted octanol–water partition coefficient (Wildman–Crippen LogP) is 4.74. The first-order valence-electron chi connectivity index (χ1n) is 14.9. The number of benzene rings is 4. The Morgan fingerprint density at radius 2 is 1.24 bits per heavy atom. The van der Waals surface area contributed by atoms with Gasteiger partial charge in [-0.05, 0) is 36.8 Å². The molecule has 4 aromatic rings. The molecule has 2 N–H and O–H groups in total. The van der Waals surface area contributed by atoms with E-state index < -0.39 is 49.0 Å². The van der Waals surface area contributed by atoms with Crippen molar-refractivity contribution in [1.82, 2.24) is 15.7 Å². The fourth-order valence-electron chi connectivity index (χ4n) is 4.60. The molecule has 49 heavy (non-hydrogen) atoms. The molecule has 0 aromatic heterocycles. The number of amides is 3. The number of ketones is 2. The third kappa shape index (κ3) is 9.94. The maximum atomic E-state index is 13.7. The summed E-state index contributed by atoms with van der Waals surface area (Å²) in [7, 11) is 0. The van der Waals surface area contributed by atoms with Crippen molar-refractivity contribution in [2.24, 2.45) is 0 Å². The van der Waals surface area contributed by atoms with Crippen molar-refractivity contribution >= 4 is 35.3 Å². The van der Waals surface area contributed by atoms with E-state index in [9.17, 15) is 41.9 Å². The zero-order valence-corrected chi connectivity index (χ0v) is 26.0. The SMILES string of the molecule is CC(=O)c1cccc(C(=O)NCCN(OC(=O)C(F)(F)F)C(=O)[C@H](Cc2ccccc2)NC(=O)c2ccc(C(=O)c3ccccc3)cc2)c1. The fraction of sp³-hybridized carbons (Fsp3) is 0.167. The largest absolute Gasteiger partial charge is 0.493 e. The van der Waals surface area contributed by atoms with Gasteiger partial charge in [0.05, 0.1) is 6.54 Å². The van der Waals surface area contributed by atoms with Crippen LogP contribution >= 0.6 is 0 Å². The minimum atomic E-state index is -5.47. The van der Waals surface area contributed by atoms with Crippen LogP contribution in [0.4, 0.5) is 13.2 Å². The molecule has 0 aliphatic rings. The minimum absolute atomic E-state index is 0.0364. The molecule has 0 fully saturated rings. The lowest BCUT2D eigenvalue weighted by molar-refractivity contribution is -0.237. The first-order chi connectivity index (χ1) is 23.3. The van der Waals surface area contributed by atoms with Crippen molar-refractivity contribution in [2.75, 3.05) is 13.1 Å². The van der Waals surface area contributed by atoms with E-state index >= 15 is 0 Å². The highest BCUT2D eigenvalue weighted by molar-refractivity contribution is 6.09. The van der Waals surface area contributed by atoms with Gasteiger partial charge in [-0.15, -0.1) is 0 Å². The quantitative estimate of drug-likeness (QED) is 0.164. The number of hydrogen-bond acceptors (Lipinski definition) is 7. The molecule has 0 heterocycles. The molecule has 0 aliphatic carbocycles. The third-order valence-electron chi connectivity index (χ3n) is 7.13. The van der Waals surface area contributed by atoms with E-state index in [1.807, 2.05) is 0 Å². The lowest BCUT2D eigenvalue weighted by Gasteiger charge is -2.27. The molecule has 0 saturated carbocycles. The average Bonchev–Trinajstić information content (AvgIpc) is 3.10. The van der Waals surface area contributed by atoms with Crippen molar-refractivity contribution < 1.29 is 46.8 Å². The minimum Gasteiger partial charge on any atom is -0.350 e. The highest BCUT2D eigenvalue weighted by atomic mass is 19.4. The Bertz CT molecular complexity index is 1830. The van der Waals surface area contributed by atoms with Crippen molar-refractivity contribution in [3.05, 3.63) is 143 Å². The number of Topliss-reactive ketones (excluding diaryl/α,β-unsaturated/α-hetero) is 1. The van der Waals surface area contributed by atoms with E-state index in [-0.39, 0.29) is 39.7 Å². The maximum Gasteiger partial charge on any atom is 0.493 e. The van der Waals surface area contributed by atoms with Gasteiger partial charge in [0.2, 0.25) is 0 Å². The molecule has 0 radical (unpaired) electrons. The van der Waals surface area contributed by atoms with Crippen LogP contribution in [0.25, 0.3) is 0 Å². The lowest BCUT2D eigenvalue weighted by atomic mass is 10.0. The van der Waals surface area contributed by atoms with E-state index in [0.717, 1.165) is 0 Å². The van der Waals surface area contributed by atoms with Gasteiger partial charge in [-0.1, -0.05) is 84.9 Å². The van der Waals surface area contributed by atoms with Crippen LogP contribution in [0.3, 0.4) is 0 Å². The second-order valence-electron chi connectivity index (χ2n) is 10.7. The van der Waals surface area contributed by atoms with Gasteiger partial charge in [-0.3, -0.25) is 24.0 Å². The Morgan fingerprint density at radius 3 is 1.86 bits per heavy atom. The third-order valence-corrected chi connectivity index (χ3v) is 7.13. The second-order valence-corrected chi connectivity index (χ2v) is 10.7. The summed E-state index contributed by atoms with van der Waals surface area (Å²) in [5.41, 5.74) is 1.60. The van der Waals surface area contributed by atoms with E-state index in [2.05, 4.69) is 15.5 Å². The zero-order chi connectivity index (χ0) is 35.6. The smallest absolute Gasteiger partial charge is 0.350 e. The number of hydrogen-bond donors (Lipinski definition) is 2. The van der Waals surface area contributed by atoms with Crippen LogP contribution in [0.2, 0.25) is 0 Å². The Hall–Kier alpha value is -6.11. The van der Waals surface area contributed by atoms with Crippen LogP contribution in [-0.2, 0) is 20.8 Å². The molecule has 4 rings (SSSR count). The number of carbonyl (C=O) groups is 6. The molecule has 0 saturated heterocycles. The zero-order valence-electron chi connectivity index (χ0n) is 26.0. The molecule has 0 bridgehead atoms. The highest BCUT2D eigenvalue weighted by Gasteiger charge is 2.44. The van der Waals surface area contributed by atoms with Gasteiger partial charge in [0.25, 0.3) is 17.7 Å². The Kier molecular flexibility index (Phi) is 11.8. The van der Waals surface area contributed by atoms with Crippen LogP contribution < -0.4 is 10.6 Å². The summed E-state index contributed by atoms with van der Waals surface area (Å²) in [5.74, 6) is -5.99. The summed E-state index contributed by atoms with van der Waals surface area (Å²) < 4.78 is 39.7. The summed E-state index contributed by atoms with van der Waals surface area (Å²) in [5, 5.41) is 5.04. The molecule has 13 heteroatoms. The molecule has 252 valence electrons. The van der Waals surface area contributed by atoms with Crippen molar-refractivity contribution in [3.63, 3.8) is 0 Å². The van der Waals surface area contributed by atoms with Crippen molar-refractivity contribution in [1.29, 1.82) is 0 Å². The summed E-state index contributed by atoms with van der Waals surface area (Å²) in [6, 6.07) is 26.4. The Labute approximate surface area is 278 Å². The molecule has 4 aromatic carbocycles.